The van der Waals surface area contributed by atoms with Crippen LogP contribution in [0.3, 0.4) is 0 Å². The van der Waals surface area contributed by atoms with Crippen molar-refractivity contribution in [2.45, 2.75) is 45.8 Å². The summed E-state index contributed by atoms with van der Waals surface area (Å²) in [6.45, 7) is 7.36. The Bertz CT molecular complexity index is 1340. The average Bonchev–Trinajstić information content (AvgIpc) is 2.86. The van der Waals surface area contributed by atoms with E-state index in [9.17, 15) is 4.79 Å². The first-order valence-corrected chi connectivity index (χ1v) is 12.0. The Kier molecular flexibility index (Phi) is 6.41. The van der Waals surface area contributed by atoms with Crippen LogP contribution in [0.4, 0.5) is 5.69 Å². The van der Waals surface area contributed by atoms with E-state index < -0.39 is 0 Å². The molecule has 1 aliphatic heterocycles. The van der Waals surface area contributed by atoms with Gasteiger partial charge in [-0.25, -0.2) is 0 Å². The highest BCUT2D eigenvalue weighted by atomic mass is 16.1. The van der Waals surface area contributed by atoms with Gasteiger partial charge in [0.15, 0.2) is 5.43 Å². The Hall–Kier alpha value is -3.51. The fraction of sp³-hybridized carbons (Fsp3) is 0.321. The lowest BCUT2D eigenvalue weighted by molar-refractivity contribution is 0.158. The Morgan fingerprint density at radius 3 is 2.79 bits per heavy atom. The molecular weight excluding hydrogens is 422 g/mol. The van der Waals surface area contributed by atoms with E-state index >= 15 is 0 Å². The lowest BCUT2D eigenvalue weighted by Gasteiger charge is -2.40. The average molecular weight is 456 g/mol. The van der Waals surface area contributed by atoms with E-state index in [0.29, 0.717) is 12.6 Å². The number of fused-ring (bicyclic) bond motifs is 1. The first kappa shape index (κ1) is 22.3. The van der Waals surface area contributed by atoms with Crippen LogP contribution >= 0.6 is 0 Å². The van der Waals surface area contributed by atoms with Crippen molar-refractivity contribution in [2.24, 2.45) is 0 Å². The molecule has 0 amide bonds. The van der Waals surface area contributed by atoms with E-state index in [1.165, 1.54) is 11.3 Å². The number of aromatic nitrogens is 3. The van der Waals surface area contributed by atoms with Crippen molar-refractivity contribution >= 4 is 16.6 Å². The third kappa shape index (κ3) is 4.87. The van der Waals surface area contributed by atoms with E-state index in [4.69, 9.17) is 0 Å². The molecule has 34 heavy (non-hydrogen) atoms. The number of piperidine rings is 1. The van der Waals surface area contributed by atoms with Crippen LogP contribution in [0.5, 0.6) is 0 Å². The second-order valence-electron chi connectivity index (χ2n) is 9.30. The van der Waals surface area contributed by atoms with Crippen molar-refractivity contribution in [1.29, 1.82) is 0 Å². The van der Waals surface area contributed by atoms with E-state index in [-0.39, 0.29) is 6.86 Å². The van der Waals surface area contributed by atoms with E-state index in [2.05, 4.69) is 49.0 Å². The van der Waals surface area contributed by atoms with Gasteiger partial charge in [0.2, 0.25) is 0 Å². The number of hydrogen-bond donors (Lipinski definition) is 1. The molecular formula is C28H33N5O. The number of H-pyrrole nitrogens is 1. The van der Waals surface area contributed by atoms with Gasteiger partial charge < -0.3 is 9.88 Å². The third-order valence-electron chi connectivity index (χ3n) is 6.76. The van der Waals surface area contributed by atoms with Gasteiger partial charge in [-0.1, -0.05) is 12.1 Å². The number of nitrogens with zero attached hydrogens (tertiary/aromatic N) is 4. The lowest BCUT2D eigenvalue weighted by atomic mass is 10.0. The number of aryl methyl sites for hydroxylation is 2. The minimum absolute atomic E-state index is 0. The summed E-state index contributed by atoms with van der Waals surface area (Å²) in [7, 11) is 0. The normalized spacial score (nSPS) is 16.3. The number of para-hydroxylation sites is 1. The summed E-state index contributed by atoms with van der Waals surface area (Å²) >= 11 is 0. The Morgan fingerprint density at radius 2 is 1.97 bits per heavy atom. The number of nitrogens with one attached hydrogen (secondary N) is 1. The predicted molar refractivity (Wildman–Crippen MR) is 139 cm³/mol. The fourth-order valence-corrected chi connectivity index (χ4v) is 4.93. The molecule has 176 valence electrons. The van der Waals surface area contributed by atoms with Gasteiger partial charge in [0.1, 0.15) is 0 Å². The van der Waals surface area contributed by atoms with Crippen LogP contribution in [-0.2, 0) is 13.1 Å². The zero-order valence-corrected chi connectivity index (χ0v) is 19.9. The molecule has 6 heteroatoms. The molecule has 4 aromatic rings. The smallest absolute Gasteiger partial charge is 0.193 e. The summed E-state index contributed by atoms with van der Waals surface area (Å²) in [5, 5.41) is 0.746. The molecule has 1 saturated heterocycles. The molecule has 4 heterocycles. The summed E-state index contributed by atoms with van der Waals surface area (Å²) in [4.78, 5) is 30.4. The molecule has 0 spiro atoms. The number of aromatic amines is 1. The van der Waals surface area contributed by atoms with Gasteiger partial charge >= 0.3 is 0 Å². The molecule has 0 unspecified atom stereocenters. The zero-order chi connectivity index (χ0) is 23.5. The van der Waals surface area contributed by atoms with E-state index in [0.717, 1.165) is 60.3 Å². The van der Waals surface area contributed by atoms with Crippen LogP contribution < -0.4 is 10.3 Å². The summed E-state index contributed by atoms with van der Waals surface area (Å²) in [6, 6.07) is 16.5. The van der Waals surface area contributed by atoms with Crippen LogP contribution in [0, 0.1) is 13.8 Å². The van der Waals surface area contributed by atoms with Gasteiger partial charge in [-0.05, 0) is 68.7 Å². The molecule has 0 aliphatic carbocycles. The number of pyridine rings is 3. The SMILES string of the molecule is Cc1ccc(N2CCC[C@H](N(Cc3ccnc(C)c3)Cc3c[nH]c4ccccc4c3=O)C2)cn1.[HH]. The second-order valence-corrected chi connectivity index (χ2v) is 9.30. The van der Waals surface area contributed by atoms with Crippen molar-refractivity contribution in [3.63, 3.8) is 0 Å². The number of anilines is 1. The van der Waals surface area contributed by atoms with Crippen molar-refractivity contribution in [3.05, 3.63) is 99.9 Å². The van der Waals surface area contributed by atoms with E-state index in [1.54, 1.807) is 0 Å². The number of rotatable bonds is 6. The van der Waals surface area contributed by atoms with Gasteiger partial charge in [0, 0.05) is 73.9 Å². The Labute approximate surface area is 201 Å². The summed E-state index contributed by atoms with van der Waals surface area (Å²) in [6.07, 6.45) is 7.95. The first-order valence-electron chi connectivity index (χ1n) is 12.0. The topological polar surface area (TPSA) is 65.1 Å². The van der Waals surface area contributed by atoms with Crippen LogP contribution in [0.15, 0.2) is 71.9 Å². The van der Waals surface area contributed by atoms with Gasteiger partial charge in [-0.2, -0.15) is 0 Å². The first-order chi connectivity index (χ1) is 16.6. The highest BCUT2D eigenvalue weighted by Crippen LogP contribution is 2.25. The standard InChI is InChI=1S/C28H31N5O.H2/c1-20-9-10-24(16-30-20)32-13-5-6-25(19-32)33(17-22-11-12-29-21(2)14-22)18-23-15-31-27-8-4-3-7-26(27)28(23)34;/h3-4,7-12,14-16,25H,5-6,13,17-19H2,1-2H3,(H,31,34);1H/t25-;/m0./s1. The van der Waals surface area contributed by atoms with Gasteiger partial charge in [-0.3, -0.25) is 19.7 Å². The van der Waals surface area contributed by atoms with E-state index in [1.807, 2.05) is 56.7 Å². The third-order valence-corrected chi connectivity index (χ3v) is 6.76. The van der Waals surface area contributed by atoms with Crippen molar-refractivity contribution in [1.82, 2.24) is 19.9 Å². The molecule has 0 radical (unpaired) electrons. The number of hydrogen-bond acceptors (Lipinski definition) is 5. The van der Waals surface area contributed by atoms with Crippen molar-refractivity contribution in [2.75, 3.05) is 18.0 Å². The van der Waals surface area contributed by atoms with Gasteiger partial charge in [0.25, 0.3) is 0 Å². The number of benzene rings is 1. The van der Waals surface area contributed by atoms with Gasteiger partial charge in [0.05, 0.1) is 11.9 Å². The Balaban J connectivity index is 0.00000289. The molecule has 1 atom stereocenters. The lowest BCUT2D eigenvalue weighted by Crippen LogP contribution is -2.48. The summed E-state index contributed by atoms with van der Waals surface area (Å²) in [5.74, 6) is 0. The summed E-state index contributed by atoms with van der Waals surface area (Å²) in [5.41, 5.74) is 6.22. The second kappa shape index (κ2) is 9.77. The van der Waals surface area contributed by atoms with Crippen LogP contribution in [0.1, 0.15) is 36.8 Å². The molecule has 0 bridgehead atoms. The highest BCUT2D eigenvalue weighted by molar-refractivity contribution is 5.78. The van der Waals surface area contributed by atoms with Crippen molar-refractivity contribution in [3.8, 4) is 0 Å². The maximum absolute atomic E-state index is 13.3. The maximum atomic E-state index is 13.3. The largest absolute Gasteiger partial charge is 0.369 e. The quantitative estimate of drug-likeness (QED) is 0.450. The fourth-order valence-electron chi connectivity index (χ4n) is 4.93. The highest BCUT2D eigenvalue weighted by Gasteiger charge is 2.27. The molecule has 1 aliphatic rings. The predicted octanol–water partition coefficient (Wildman–Crippen LogP) is 4.85. The molecule has 6 nitrogen and oxygen atoms in total. The summed E-state index contributed by atoms with van der Waals surface area (Å²) < 4.78 is 0. The molecule has 1 fully saturated rings. The Morgan fingerprint density at radius 1 is 1.09 bits per heavy atom. The molecule has 1 N–H and O–H groups in total. The minimum Gasteiger partial charge on any atom is -0.369 e. The van der Waals surface area contributed by atoms with Crippen LogP contribution in [0.2, 0.25) is 0 Å². The zero-order valence-electron chi connectivity index (χ0n) is 19.9. The van der Waals surface area contributed by atoms with Gasteiger partial charge in [-0.15, -0.1) is 0 Å². The monoisotopic (exact) mass is 455 g/mol. The van der Waals surface area contributed by atoms with Crippen molar-refractivity contribution < 1.29 is 1.43 Å². The molecule has 1 aromatic carbocycles. The molecule has 5 rings (SSSR count). The molecule has 3 aromatic heterocycles. The maximum Gasteiger partial charge on any atom is 0.193 e. The van der Waals surface area contributed by atoms with Crippen LogP contribution in [-0.4, -0.2) is 39.0 Å². The van der Waals surface area contributed by atoms with Crippen LogP contribution in [0.25, 0.3) is 10.9 Å². The minimum atomic E-state index is 0. The molecule has 0 saturated carbocycles.